The van der Waals surface area contributed by atoms with E-state index in [2.05, 4.69) is 64.1 Å². The van der Waals surface area contributed by atoms with E-state index in [1.54, 1.807) is 0 Å². The Morgan fingerprint density at radius 1 is 1.00 bits per heavy atom. The standard InChI is InChI=1S/C24H28N2OS2/c27-23(24(9-10-24)20-4-2-1-3-5-20)25-21-7-6-18-8-11-26(15-19(18)14-21)22-16-28-12-13-29-17-22/h1-7,14,22H,8-13,15-17H2,(H,25,27). The van der Waals surface area contributed by atoms with Crippen molar-refractivity contribution in [3.8, 4) is 0 Å². The van der Waals surface area contributed by atoms with E-state index in [-0.39, 0.29) is 11.3 Å². The summed E-state index contributed by atoms with van der Waals surface area (Å²) in [7, 11) is 0. The topological polar surface area (TPSA) is 32.3 Å². The molecule has 5 heteroatoms. The maximum Gasteiger partial charge on any atom is 0.235 e. The van der Waals surface area contributed by atoms with Gasteiger partial charge in [0.15, 0.2) is 0 Å². The number of carbonyl (C=O) groups excluding carboxylic acids is 1. The van der Waals surface area contributed by atoms with Crippen LogP contribution >= 0.6 is 23.5 Å². The minimum atomic E-state index is -0.321. The summed E-state index contributed by atoms with van der Waals surface area (Å²) in [6, 6.07) is 17.4. The number of hydrogen-bond acceptors (Lipinski definition) is 4. The predicted octanol–water partition coefficient (Wildman–Crippen LogP) is 4.56. The van der Waals surface area contributed by atoms with Crippen LogP contribution in [0.2, 0.25) is 0 Å². The number of benzene rings is 2. The van der Waals surface area contributed by atoms with Crippen LogP contribution in [-0.2, 0) is 23.2 Å². The molecule has 1 amide bonds. The van der Waals surface area contributed by atoms with Gasteiger partial charge in [0.2, 0.25) is 5.91 Å². The zero-order valence-electron chi connectivity index (χ0n) is 16.7. The van der Waals surface area contributed by atoms with Gasteiger partial charge in [0.05, 0.1) is 5.41 Å². The summed E-state index contributed by atoms with van der Waals surface area (Å²) in [5.74, 6) is 5.21. The van der Waals surface area contributed by atoms with Gasteiger partial charge >= 0.3 is 0 Å². The molecule has 1 aliphatic carbocycles. The molecule has 2 heterocycles. The number of nitrogens with zero attached hydrogens (tertiary/aromatic N) is 1. The lowest BCUT2D eigenvalue weighted by atomic mass is 9.94. The van der Waals surface area contributed by atoms with Crippen molar-refractivity contribution in [3.05, 3.63) is 65.2 Å². The summed E-state index contributed by atoms with van der Waals surface area (Å²) in [5, 5.41) is 3.23. The summed E-state index contributed by atoms with van der Waals surface area (Å²) in [5.41, 5.74) is 4.60. The molecule has 2 aromatic rings. The van der Waals surface area contributed by atoms with Gasteiger partial charge in [0.25, 0.3) is 0 Å². The van der Waals surface area contributed by atoms with Crippen LogP contribution in [0.3, 0.4) is 0 Å². The zero-order chi connectivity index (χ0) is 19.7. The van der Waals surface area contributed by atoms with Crippen molar-refractivity contribution in [2.75, 3.05) is 34.9 Å². The minimum absolute atomic E-state index is 0.146. The number of anilines is 1. The van der Waals surface area contributed by atoms with Gasteiger partial charge < -0.3 is 5.32 Å². The second kappa shape index (κ2) is 8.37. The van der Waals surface area contributed by atoms with Gasteiger partial charge in [-0.15, -0.1) is 0 Å². The Hall–Kier alpha value is -1.43. The molecule has 1 saturated carbocycles. The Bertz CT molecular complexity index is 874. The fraction of sp³-hybridized carbons (Fsp3) is 0.458. The highest BCUT2D eigenvalue weighted by Crippen LogP contribution is 2.49. The van der Waals surface area contributed by atoms with Crippen LogP contribution in [0, 0.1) is 0 Å². The molecule has 0 spiro atoms. The molecule has 0 radical (unpaired) electrons. The number of hydrogen-bond donors (Lipinski definition) is 1. The first-order valence-electron chi connectivity index (χ1n) is 10.6. The molecule has 0 atom stereocenters. The van der Waals surface area contributed by atoms with Crippen molar-refractivity contribution in [3.63, 3.8) is 0 Å². The normalized spacial score (nSPS) is 21.8. The molecule has 0 unspecified atom stereocenters. The first-order valence-corrected chi connectivity index (χ1v) is 12.9. The number of thioether (sulfide) groups is 2. The van der Waals surface area contributed by atoms with E-state index in [9.17, 15) is 4.79 Å². The monoisotopic (exact) mass is 424 g/mol. The van der Waals surface area contributed by atoms with Crippen molar-refractivity contribution in [1.82, 2.24) is 4.90 Å². The molecule has 3 aliphatic rings. The predicted molar refractivity (Wildman–Crippen MR) is 125 cm³/mol. The van der Waals surface area contributed by atoms with E-state index in [1.165, 1.54) is 34.1 Å². The van der Waals surface area contributed by atoms with Crippen LogP contribution in [0.5, 0.6) is 0 Å². The SMILES string of the molecule is O=C(Nc1ccc2c(c1)CN(C1CSCCSC1)CC2)C1(c2ccccc2)CC1. The molecule has 5 rings (SSSR count). The third-order valence-electron chi connectivity index (χ3n) is 6.53. The molecule has 1 saturated heterocycles. The highest BCUT2D eigenvalue weighted by Gasteiger charge is 2.51. The van der Waals surface area contributed by atoms with Crippen molar-refractivity contribution in [2.24, 2.45) is 0 Å². The summed E-state index contributed by atoms with van der Waals surface area (Å²) >= 11 is 4.20. The lowest BCUT2D eigenvalue weighted by Crippen LogP contribution is -2.42. The van der Waals surface area contributed by atoms with Gasteiger partial charge in [-0.25, -0.2) is 0 Å². The number of nitrogens with one attached hydrogen (secondary N) is 1. The third kappa shape index (κ3) is 4.10. The second-order valence-corrected chi connectivity index (χ2v) is 10.7. The van der Waals surface area contributed by atoms with E-state index in [0.717, 1.165) is 43.6 Å². The molecule has 0 bridgehead atoms. The van der Waals surface area contributed by atoms with Crippen molar-refractivity contribution in [1.29, 1.82) is 0 Å². The zero-order valence-corrected chi connectivity index (χ0v) is 18.4. The number of fused-ring (bicyclic) bond motifs is 1. The van der Waals surface area contributed by atoms with Crippen molar-refractivity contribution >= 4 is 35.1 Å². The summed E-state index contributed by atoms with van der Waals surface area (Å²) in [6.45, 7) is 2.16. The molecule has 2 aliphatic heterocycles. The van der Waals surface area contributed by atoms with Gasteiger partial charge in [-0.2, -0.15) is 23.5 Å². The Morgan fingerprint density at radius 2 is 1.76 bits per heavy atom. The highest BCUT2D eigenvalue weighted by atomic mass is 32.2. The van der Waals surface area contributed by atoms with Crippen LogP contribution in [0.15, 0.2) is 48.5 Å². The quantitative estimate of drug-likeness (QED) is 0.780. The van der Waals surface area contributed by atoms with Gasteiger partial charge in [0, 0.05) is 47.8 Å². The second-order valence-electron chi connectivity index (χ2n) is 8.41. The van der Waals surface area contributed by atoms with Crippen LogP contribution in [0.25, 0.3) is 0 Å². The summed E-state index contributed by atoms with van der Waals surface area (Å²) in [6.07, 6.45) is 3.00. The minimum Gasteiger partial charge on any atom is -0.325 e. The molecule has 0 aromatic heterocycles. The number of carbonyl (C=O) groups is 1. The number of amides is 1. The van der Waals surface area contributed by atoms with Crippen molar-refractivity contribution < 1.29 is 4.79 Å². The Balaban J connectivity index is 1.30. The Morgan fingerprint density at radius 3 is 2.48 bits per heavy atom. The van der Waals surface area contributed by atoms with Crippen LogP contribution in [0.4, 0.5) is 5.69 Å². The average Bonchev–Trinajstić information content (AvgIpc) is 3.59. The molecular formula is C24H28N2OS2. The molecule has 29 heavy (non-hydrogen) atoms. The molecule has 3 nitrogen and oxygen atoms in total. The fourth-order valence-electron chi connectivity index (χ4n) is 4.56. The molecule has 1 N–H and O–H groups in total. The molecular weight excluding hydrogens is 396 g/mol. The van der Waals surface area contributed by atoms with Crippen molar-refractivity contribution in [2.45, 2.75) is 37.3 Å². The highest BCUT2D eigenvalue weighted by molar-refractivity contribution is 8.03. The van der Waals surface area contributed by atoms with Gasteiger partial charge in [-0.1, -0.05) is 36.4 Å². The van der Waals surface area contributed by atoms with Gasteiger partial charge in [-0.3, -0.25) is 9.69 Å². The molecule has 152 valence electrons. The van der Waals surface area contributed by atoms with E-state index in [4.69, 9.17) is 0 Å². The summed E-state index contributed by atoms with van der Waals surface area (Å²) in [4.78, 5) is 15.7. The lowest BCUT2D eigenvalue weighted by Gasteiger charge is -2.35. The maximum absolute atomic E-state index is 13.1. The van der Waals surface area contributed by atoms with Crippen LogP contribution in [-0.4, -0.2) is 46.4 Å². The first-order chi connectivity index (χ1) is 14.2. The van der Waals surface area contributed by atoms with E-state index in [0.29, 0.717) is 6.04 Å². The lowest BCUT2D eigenvalue weighted by molar-refractivity contribution is -0.118. The van der Waals surface area contributed by atoms with Crippen LogP contribution in [0.1, 0.15) is 29.5 Å². The Kier molecular flexibility index (Phi) is 5.63. The third-order valence-corrected chi connectivity index (χ3v) is 9.01. The smallest absolute Gasteiger partial charge is 0.235 e. The van der Waals surface area contributed by atoms with E-state index in [1.807, 2.05) is 18.2 Å². The van der Waals surface area contributed by atoms with Crippen LogP contribution < -0.4 is 5.32 Å². The fourth-order valence-corrected chi connectivity index (χ4v) is 7.19. The first kappa shape index (κ1) is 19.5. The molecule has 2 fully saturated rings. The average molecular weight is 425 g/mol. The number of rotatable bonds is 4. The maximum atomic E-state index is 13.1. The molecule has 2 aromatic carbocycles. The van der Waals surface area contributed by atoms with E-state index >= 15 is 0 Å². The largest absolute Gasteiger partial charge is 0.325 e. The van der Waals surface area contributed by atoms with Gasteiger partial charge in [-0.05, 0) is 48.1 Å². The van der Waals surface area contributed by atoms with E-state index < -0.39 is 0 Å². The Labute approximate surface area is 182 Å². The summed E-state index contributed by atoms with van der Waals surface area (Å²) < 4.78 is 0. The van der Waals surface area contributed by atoms with Gasteiger partial charge in [0.1, 0.15) is 0 Å².